The number of amides is 1. The lowest BCUT2D eigenvalue weighted by atomic mass is 10.2. The Morgan fingerprint density at radius 1 is 1.20 bits per heavy atom. The predicted molar refractivity (Wildman–Crippen MR) is 117 cm³/mol. The summed E-state index contributed by atoms with van der Waals surface area (Å²) < 4.78 is 42.0. The minimum absolute atomic E-state index is 0.0261. The second kappa shape index (κ2) is 8.27. The molecule has 7 nitrogen and oxygen atoms in total. The van der Waals surface area contributed by atoms with Crippen molar-refractivity contribution in [1.29, 1.82) is 0 Å². The third-order valence-electron chi connectivity index (χ3n) is 4.85. The van der Waals surface area contributed by atoms with Crippen LogP contribution in [0.2, 0.25) is 0 Å². The van der Waals surface area contributed by atoms with Crippen LogP contribution in [0, 0.1) is 5.82 Å². The molecule has 0 radical (unpaired) electrons. The highest BCUT2D eigenvalue weighted by Crippen LogP contribution is 2.37. The van der Waals surface area contributed by atoms with E-state index in [1.54, 1.807) is 24.1 Å². The molecule has 2 aromatic rings. The van der Waals surface area contributed by atoms with E-state index in [1.807, 2.05) is 12.1 Å². The van der Waals surface area contributed by atoms with Crippen molar-refractivity contribution in [2.45, 2.75) is 11.3 Å². The van der Waals surface area contributed by atoms with E-state index >= 15 is 0 Å². The number of rotatable bonds is 5. The van der Waals surface area contributed by atoms with Gasteiger partial charge in [-0.2, -0.15) is 0 Å². The molecule has 0 spiro atoms. The van der Waals surface area contributed by atoms with Crippen LogP contribution in [0.25, 0.3) is 0 Å². The first-order valence-electron chi connectivity index (χ1n) is 9.25. The number of hydrogen-bond acceptors (Lipinski definition) is 7. The number of carbonyl (C=O) groups excluding carboxylic acids is 1. The largest absolute Gasteiger partial charge is 0.497 e. The molecule has 2 heterocycles. The zero-order chi connectivity index (χ0) is 21.3. The van der Waals surface area contributed by atoms with E-state index in [-0.39, 0.29) is 41.1 Å². The number of nitrogens with zero attached hydrogens (tertiary/aromatic N) is 2. The third kappa shape index (κ3) is 4.59. The number of ether oxygens (including phenoxy) is 1. The monoisotopic (exact) mass is 449 g/mol. The summed E-state index contributed by atoms with van der Waals surface area (Å²) in [6, 6.07) is 12.4. The molecule has 0 aromatic heterocycles. The van der Waals surface area contributed by atoms with Crippen molar-refractivity contribution in [3.8, 4) is 5.75 Å². The van der Waals surface area contributed by atoms with Crippen LogP contribution in [-0.2, 0) is 14.6 Å². The van der Waals surface area contributed by atoms with Crippen LogP contribution in [0.1, 0.15) is 0 Å². The molecule has 2 atom stereocenters. The van der Waals surface area contributed by atoms with Crippen LogP contribution >= 0.6 is 11.8 Å². The van der Waals surface area contributed by atoms with Gasteiger partial charge in [0.15, 0.2) is 15.0 Å². The van der Waals surface area contributed by atoms with Gasteiger partial charge >= 0.3 is 0 Å². The number of anilines is 2. The number of halogens is 1. The van der Waals surface area contributed by atoms with Crippen molar-refractivity contribution in [2.24, 2.45) is 4.99 Å². The number of sulfone groups is 1. The lowest BCUT2D eigenvalue weighted by Crippen LogP contribution is -2.36. The maximum Gasteiger partial charge on any atom is 0.244 e. The first-order valence-corrected chi connectivity index (χ1v) is 11.9. The number of thioether (sulfide) groups is 1. The molecule has 1 amide bonds. The molecule has 10 heteroatoms. The second-order valence-electron chi connectivity index (χ2n) is 7.05. The minimum atomic E-state index is -3.07. The van der Waals surface area contributed by atoms with Crippen molar-refractivity contribution in [3.63, 3.8) is 0 Å². The number of fused-ring (bicyclic) bond motifs is 1. The Labute approximate surface area is 178 Å². The summed E-state index contributed by atoms with van der Waals surface area (Å²) in [6.07, 6.45) is 0. The number of aliphatic imine (C=N–C) groups is 1. The third-order valence-corrected chi connectivity index (χ3v) is 8.10. The first kappa shape index (κ1) is 20.7. The van der Waals surface area contributed by atoms with E-state index in [0.29, 0.717) is 16.6 Å². The van der Waals surface area contributed by atoms with Gasteiger partial charge in [-0.3, -0.25) is 9.79 Å². The summed E-state index contributed by atoms with van der Waals surface area (Å²) in [5.41, 5.74) is 1.22. The molecule has 2 aromatic carbocycles. The van der Waals surface area contributed by atoms with Gasteiger partial charge in [-0.05, 0) is 48.5 Å². The molecule has 1 saturated heterocycles. The van der Waals surface area contributed by atoms with Crippen LogP contribution < -0.4 is 15.0 Å². The average molecular weight is 450 g/mol. The molecule has 0 bridgehead atoms. The topological polar surface area (TPSA) is 88.1 Å². The Kier molecular flexibility index (Phi) is 5.70. The van der Waals surface area contributed by atoms with Gasteiger partial charge in [0.05, 0.1) is 24.7 Å². The quantitative estimate of drug-likeness (QED) is 0.755. The lowest BCUT2D eigenvalue weighted by Gasteiger charge is -2.24. The summed E-state index contributed by atoms with van der Waals surface area (Å²) in [7, 11) is -1.50. The van der Waals surface area contributed by atoms with Gasteiger partial charge in [0.1, 0.15) is 18.1 Å². The number of hydrogen-bond donors (Lipinski definition) is 1. The zero-order valence-electron chi connectivity index (χ0n) is 16.1. The number of nitrogens with one attached hydrogen (secondary N) is 1. The molecular formula is C20H20FN3O4S2. The van der Waals surface area contributed by atoms with Crippen molar-refractivity contribution < 1.29 is 22.3 Å². The molecule has 1 N–H and O–H groups in total. The van der Waals surface area contributed by atoms with Gasteiger partial charge in [0.2, 0.25) is 5.91 Å². The Bertz CT molecular complexity index is 1070. The van der Waals surface area contributed by atoms with Gasteiger partial charge < -0.3 is 15.0 Å². The summed E-state index contributed by atoms with van der Waals surface area (Å²) in [6.45, 7) is -0.0261. The number of benzene rings is 2. The minimum Gasteiger partial charge on any atom is -0.497 e. The van der Waals surface area contributed by atoms with E-state index in [0.717, 1.165) is 5.69 Å². The molecule has 0 aliphatic carbocycles. The Hall–Kier alpha value is -2.59. The zero-order valence-corrected chi connectivity index (χ0v) is 17.7. The predicted octanol–water partition coefficient (Wildman–Crippen LogP) is 2.55. The molecule has 1 fully saturated rings. The highest BCUT2D eigenvalue weighted by molar-refractivity contribution is 8.15. The fourth-order valence-electron chi connectivity index (χ4n) is 3.38. The Morgan fingerprint density at radius 2 is 1.90 bits per heavy atom. The lowest BCUT2D eigenvalue weighted by molar-refractivity contribution is -0.114. The van der Waals surface area contributed by atoms with Gasteiger partial charge in [-0.25, -0.2) is 12.8 Å². The normalized spacial score (nSPS) is 21.6. The van der Waals surface area contributed by atoms with Crippen LogP contribution in [0.15, 0.2) is 53.5 Å². The van der Waals surface area contributed by atoms with Crippen LogP contribution in [0.4, 0.5) is 15.8 Å². The molecule has 158 valence electrons. The van der Waals surface area contributed by atoms with Gasteiger partial charge in [0.25, 0.3) is 0 Å². The number of carbonyl (C=O) groups is 1. The van der Waals surface area contributed by atoms with Crippen LogP contribution in [0.5, 0.6) is 5.75 Å². The van der Waals surface area contributed by atoms with Crippen molar-refractivity contribution in [2.75, 3.05) is 35.4 Å². The van der Waals surface area contributed by atoms with Crippen molar-refractivity contribution in [1.82, 2.24) is 0 Å². The summed E-state index contributed by atoms with van der Waals surface area (Å²) >= 11 is 1.38. The van der Waals surface area contributed by atoms with E-state index in [1.165, 1.54) is 36.0 Å². The van der Waals surface area contributed by atoms with Crippen molar-refractivity contribution in [3.05, 3.63) is 54.3 Å². The van der Waals surface area contributed by atoms with Gasteiger partial charge in [-0.15, -0.1) is 0 Å². The van der Waals surface area contributed by atoms with E-state index in [2.05, 4.69) is 10.3 Å². The van der Waals surface area contributed by atoms with E-state index < -0.39 is 9.84 Å². The highest BCUT2D eigenvalue weighted by atomic mass is 32.2. The van der Waals surface area contributed by atoms with Gasteiger partial charge in [0, 0.05) is 16.6 Å². The molecule has 0 saturated carbocycles. The molecular weight excluding hydrogens is 429 g/mol. The Morgan fingerprint density at radius 3 is 2.53 bits per heavy atom. The van der Waals surface area contributed by atoms with Crippen molar-refractivity contribution >= 4 is 44.0 Å². The highest BCUT2D eigenvalue weighted by Gasteiger charge is 2.44. The van der Waals surface area contributed by atoms with Crippen LogP contribution in [0.3, 0.4) is 0 Å². The molecule has 30 heavy (non-hydrogen) atoms. The van der Waals surface area contributed by atoms with E-state index in [4.69, 9.17) is 4.74 Å². The SMILES string of the molecule is COc1ccc(N(CC(=O)Nc2ccc(F)cc2)C2=N[C@H]3CS(=O)(=O)C[C@@H]3S2)cc1. The number of methoxy groups -OCH3 is 1. The maximum absolute atomic E-state index is 13.1. The fourth-order valence-corrected chi connectivity index (χ4v) is 7.16. The maximum atomic E-state index is 13.1. The molecule has 2 aliphatic heterocycles. The van der Waals surface area contributed by atoms with E-state index in [9.17, 15) is 17.6 Å². The average Bonchev–Trinajstić information content (AvgIpc) is 3.21. The first-order chi connectivity index (χ1) is 14.3. The standard InChI is InChI=1S/C20H20FN3O4S2/c1-28-16-8-6-15(7-9-16)24(10-19(25)22-14-4-2-13(21)3-5-14)20-23-17-11-30(26,27)12-18(17)29-20/h2-9,17-18H,10-12H2,1H3,(H,22,25)/t17-,18-/m0/s1. The molecule has 0 unspecified atom stereocenters. The smallest absolute Gasteiger partial charge is 0.244 e. The van der Waals surface area contributed by atoms with Gasteiger partial charge in [-0.1, -0.05) is 11.8 Å². The van der Waals surface area contributed by atoms with Crippen LogP contribution in [-0.4, -0.2) is 55.9 Å². The fraction of sp³-hybridized carbons (Fsp3) is 0.300. The molecule has 2 aliphatic rings. The molecule has 4 rings (SSSR count). The second-order valence-corrected chi connectivity index (χ2v) is 10.4. The summed E-state index contributed by atoms with van der Waals surface area (Å²) in [5, 5.41) is 3.22. The Balaban J connectivity index is 1.56. The summed E-state index contributed by atoms with van der Waals surface area (Å²) in [4.78, 5) is 19.0. The number of amidine groups is 1. The summed E-state index contributed by atoms with van der Waals surface area (Å²) in [5.74, 6) is 0.120.